The molecule has 10 heavy (non-hydrogen) atoms. The Hall–Kier alpha value is 1.37. The molecule has 7 heteroatoms. The van der Waals surface area contributed by atoms with Crippen LogP contribution in [0, 0.1) is 0 Å². The predicted octanol–water partition coefficient (Wildman–Crippen LogP) is 4.07. The van der Waals surface area contributed by atoms with Crippen molar-refractivity contribution in [1.82, 2.24) is 0 Å². The van der Waals surface area contributed by atoms with Crippen molar-refractivity contribution < 1.29 is 13.0 Å². The van der Waals surface area contributed by atoms with E-state index in [-0.39, 0.29) is 0 Å². The molecule has 0 aromatic rings. The van der Waals surface area contributed by atoms with E-state index in [1.54, 1.807) is 0 Å². The Morgan fingerprint density at radius 2 is 0.700 bits per heavy atom. The first kappa shape index (κ1) is 22.5. The van der Waals surface area contributed by atoms with Gasteiger partial charge in [-0.15, -0.1) is 0 Å². The summed E-state index contributed by atoms with van der Waals surface area (Å²) in [5.74, 6) is 0. The van der Waals surface area contributed by atoms with Crippen LogP contribution in [0.5, 0.6) is 0 Å². The third kappa shape index (κ3) is 348. The van der Waals surface area contributed by atoms with Crippen molar-refractivity contribution in [2.45, 2.75) is 0 Å². The molecule has 0 unspecified atom stereocenters. The SMILES string of the molecule is C[NH-].C[NH-].C[NH-].[Cl][Rh]([Cl])[Cl]. The molecule has 0 aliphatic carbocycles. The van der Waals surface area contributed by atoms with Crippen LogP contribution in [0.1, 0.15) is 0 Å². The summed E-state index contributed by atoms with van der Waals surface area (Å²) in [5.41, 5.74) is 17.2. The molecule has 0 spiro atoms. The first-order valence-corrected chi connectivity index (χ1v) is 8.21. The summed E-state index contributed by atoms with van der Waals surface area (Å²) in [7, 11) is 18.6. The van der Waals surface area contributed by atoms with Gasteiger partial charge in [-0.1, -0.05) is 0 Å². The molecule has 0 aromatic carbocycles. The fourth-order valence-corrected chi connectivity index (χ4v) is 0. The minimum absolute atomic E-state index is 1.25. The van der Waals surface area contributed by atoms with Crippen molar-refractivity contribution in [3.8, 4) is 0 Å². The Kier molecular flexibility index (Phi) is 107. The molecule has 0 aliphatic rings. The third-order valence-electron chi connectivity index (χ3n) is 0. The first-order valence-electron chi connectivity index (χ1n) is 1.88. The Labute approximate surface area is 80.2 Å². The van der Waals surface area contributed by atoms with Crippen molar-refractivity contribution in [2.24, 2.45) is 0 Å². The monoisotopic (exact) mass is 298 g/mol. The van der Waals surface area contributed by atoms with Crippen LogP contribution in [-0.2, 0) is 13.0 Å². The van der Waals surface area contributed by atoms with E-state index in [4.69, 9.17) is 46.3 Å². The van der Waals surface area contributed by atoms with Gasteiger partial charge in [-0.2, -0.15) is 21.1 Å². The molecule has 0 heterocycles. The van der Waals surface area contributed by atoms with Gasteiger partial charge in [-0.3, -0.25) is 0 Å². The quantitative estimate of drug-likeness (QED) is 0.605. The fourth-order valence-electron chi connectivity index (χ4n) is 0. The normalized spacial score (nSPS) is 6.30. The molecule has 0 amide bonds. The van der Waals surface area contributed by atoms with Gasteiger partial charge in [-0.25, -0.2) is 0 Å². The van der Waals surface area contributed by atoms with E-state index in [9.17, 15) is 0 Å². The second-order valence-electron chi connectivity index (χ2n) is 0.143. The summed E-state index contributed by atoms with van der Waals surface area (Å²) in [6.45, 7) is 0. The summed E-state index contributed by atoms with van der Waals surface area (Å²) in [4.78, 5) is 0. The molecule has 0 aliphatic heterocycles. The summed E-state index contributed by atoms with van der Waals surface area (Å²) in [5, 5.41) is 0. The van der Waals surface area contributed by atoms with Gasteiger partial charge in [0.1, 0.15) is 0 Å². The van der Waals surface area contributed by atoms with Crippen LogP contribution in [-0.4, -0.2) is 21.1 Å². The molecule has 0 rings (SSSR count). The van der Waals surface area contributed by atoms with E-state index in [1.165, 1.54) is 21.1 Å². The molecule has 0 atom stereocenters. The van der Waals surface area contributed by atoms with Crippen molar-refractivity contribution in [2.75, 3.05) is 21.1 Å². The van der Waals surface area contributed by atoms with Gasteiger partial charge in [0.05, 0.1) is 0 Å². The molecular weight excluding hydrogens is 287 g/mol. The van der Waals surface area contributed by atoms with Crippen LogP contribution in [0.25, 0.3) is 17.2 Å². The van der Waals surface area contributed by atoms with Gasteiger partial charge >= 0.3 is 42.1 Å². The van der Waals surface area contributed by atoms with Crippen molar-refractivity contribution in [1.29, 1.82) is 0 Å². The van der Waals surface area contributed by atoms with E-state index in [0.717, 1.165) is 0 Å². The van der Waals surface area contributed by atoms with E-state index < -0.39 is 13.0 Å². The Balaban J connectivity index is -0.0000000262. The number of hydrogen-bond acceptors (Lipinski definition) is 0. The zero-order chi connectivity index (χ0) is 9.58. The van der Waals surface area contributed by atoms with Gasteiger partial charge < -0.3 is 17.2 Å². The topological polar surface area (TPSA) is 71.4 Å². The third-order valence-corrected chi connectivity index (χ3v) is 0. The van der Waals surface area contributed by atoms with E-state index in [2.05, 4.69) is 0 Å². The van der Waals surface area contributed by atoms with Crippen molar-refractivity contribution >= 4 is 29.1 Å². The molecule has 3 nitrogen and oxygen atoms in total. The van der Waals surface area contributed by atoms with Crippen molar-refractivity contribution in [3.05, 3.63) is 17.2 Å². The Morgan fingerprint density at radius 1 is 0.700 bits per heavy atom. The minimum atomic E-state index is -1.66. The standard InChI is InChI=1S/3CH4N.3ClH.Rh/c3*1-2;;;;/h3*2H,1H3;3*1H;/q3*-1;;;;+3/p-3. The maximum atomic E-state index is 5.75. The number of hydrogen-bond donors (Lipinski definition) is 0. The van der Waals surface area contributed by atoms with Gasteiger partial charge in [0.2, 0.25) is 0 Å². The number of rotatable bonds is 0. The van der Waals surface area contributed by atoms with Gasteiger partial charge in [0.15, 0.2) is 0 Å². The molecule has 0 fully saturated rings. The second-order valence-corrected chi connectivity index (χ2v) is 7.61. The van der Waals surface area contributed by atoms with Gasteiger partial charge in [0.25, 0.3) is 0 Å². The van der Waals surface area contributed by atoms with Gasteiger partial charge in [-0.05, 0) is 0 Å². The molecule has 72 valence electrons. The average molecular weight is 299 g/mol. The van der Waals surface area contributed by atoms with Crippen LogP contribution in [0.2, 0.25) is 0 Å². The summed E-state index contributed by atoms with van der Waals surface area (Å²) in [6.07, 6.45) is 0. The zero-order valence-corrected chi connectivity index (χ0v) is 9.87. The molecule has 0 saturated heterocycles. The van der Waals surface area contributed by atoms with Crippen LogP contribution >= 0.6 is 29.1 Å². The predicted molar refractivity (Wildman–Crippen MR) is 48.3 cm³/mol. The Morgan fingerprint density at radius 3 is 0.700 bits per heavy atom. The van der Waals surface area contributed by atoms with Crippen LogP contribution in [0.3, 0.4) is 0 Å². The first-order chi connectivity index (χ1) is 4.73. The molecule has 0 aromatic heterocycles. The van der Waals surface area contributed by atoms with E-state index in [1.807, 2.05) is 0 Å². The number of nitrogens with one attached hydrogen (secondary N) is 3. The molecule has 0 saturated carbocycles. The number of halogens is 3. The van der Waals surface area contributed by atoms with Crippen LogP contribution in [0.4, 0.5) is 0 Å². The Bertz CT molecular complexity index is 23.7. The molecule has 3 N–H and O–H groups in total. The van der Waals surface area contributed by atoms with Crippen LogP contribution in [0.15, 0.2) is 0 Å². The fraction of sp³-hybridized carbons (Fsp3) is 1.00. The van der Waals surface area contributed by atoms with E-state index in [0.29, 0.717) is 0 Å². The summed E-state index contributed by atoms with van der Waals surface area (Å²) >= 11 is -1.66. The summed E-state index contributed by atoms with van der Waals surface area (Å²) < 4.78 is 0. The van der Waals surface area contributed by atoms with Crippen LogP contribution < -0.4 is 0 Å². The molecule has 0 bridgehead atoms. The van der Waals surface area contributed by atoms with Crippen molar-refractivity contribution in [3.63, 3.8) is 0 Å². The second kappa shape index (κ2) is 47.7. The van der Waals surface area contributed by atoms with Gasteiger partial charge in [0, 0.05) is 0 Å². The van der Waals surface area contributed by atoms with E-state index >= 15 is 0 Å². The molecular formula is C3H12Cl3N3Rh-3. The maximum absolute atomic E-state index is 5.75. The zero-order valence-electron chi connectivity index (χ0n) is 5.97. The summed E-state index contributed by atoms with van der Waals surface area (Å²) in [6, 6.07) is 0. The average Bonchev–Trinajstić information content (AvgIpc) is 1.98. The molecule has 0 radical (unpaired) electrons.